The third-order valence-corrected chi connectivity index (χ3v) is 5.04. The lowest BCUT2D eigenvalue weighted by atomic mass is 10.0. The average Bonchev–Trinajstić information content (AvgIpc) is 2.47. The van der Waals surface area contributed by atoms with E-state index in [0.717, 1.165) is 39.7 Å². The molecule has 1 atom stereocenters. The summed E-state index contributed by atoms with van der Waals surface area (Å²) in [6, 6.07) is 6.33. The van der Waals surface area contributed by atoms with Gasteiger partial charge in [0.05, 0.1) is 5.56 Å². The van der Waals surface area contributed by atoms with Gasteiger partial charge in [0.1, 0.15) is 0 Å². The SMILES string of the molecule is CCN(CC1CCCCN1)C(=O)c1cc(I)ccc1Br. The topological polar surface area (TPSA) is 32.3 Å². The first kappa shape index (κ1) is 16.2. The summed E-state index contributed by atoms with van der Waals surface area (Å²) in [6.45, 7) is 4.66. The molecule has 1 unspecified atom stereocenters. The standard InChI is InChI=1S/C15H20BrIN2O/c1-2-19(10-12-5-3-4-8-18-12)15(20)13-9-11(17)6-7-14(13)16/h6-7,9,12,18H,2-5,8,10H2,1H3. The van der Waals surface area contributed by atoms with Gasteiger partial charge in [-0.25, -0.2) is 0 Å². The molecule has 0 spiro atoms. The molecule has 0 bridgehead atoms. The van der Waals surface area contributed by atoms with Crippen molar-refractivity contribution >= 4 is 44.4 Å². The molecule has 1 saturated heterocycles. The first-order valence-electron chi connectivity index (χ1n) is 7.09. The molecular weight excluding hydrogens is 431 g/mol. The molecule has 110 valence electrons. The average molecular weight is 451 g/mol. The number of hydrogen-bond acceptors (Lipinski definition) is 2. The maximum absolute atomic E-state index is 12.7. The van der Waals surface area contributed by atoms with Gasteiger partial charge in [-0.05, 0) is 83.0 Å². The van der Waals surface area contributed by atoms with Gasteiger partial charge in [0.25, 0.3) is 5.91 Å². The Labute approximate surface area is 142 Å². The number of carbonyl (C=O) groups is 1. The minimum absolute atomic E-state index is 0.116. The lowest BCUT2D eigenvalue weighted by molar-refractivity contribution is 0.0740. The lowest BCUT2D eigenvalue weighted by Gasteiger charge is -2.30. The highest BCUT2D eigenvalue weighted by molar-refractivity contribution is 14.1. The summed E-state index contributed by atoms with van der Waals surface area (Å²) in [5, 5.41) is 3.51. The zero-order valence-electron chi connectivity index (χ0n) is 11.7. The Morgan fingerprint density at radius 3 is 2.95 bits per heavy atom. The Hall–Kier alpha value is -0.140. The van der Waals surface area contributed by atoms with E-state index in [4.69, 9.17) is 0 Å². The number of rotatable bonds is 4. The second-order valence-electron chi connectivity index (χ2n) is 5.11. The summed E-state index contributed by atoms with van der Waals surface area (Å²) in [7, 11) is 0. The highest BCUT2D eigenvalue weighted by Crippen LogP contribution is 2.21. The van der Waals surface area contributed by atoms with Gasteiger partial charge >= 0.3 is 0 Å². The third-order valence-electron chi connectivity index (χ3n) is 3.68. The van der Waals surface area contributed by atoms with Gasteiger partial charge in [-0.2, -0.15) is 0 Å². The molecule has 3 nitrogen and oxygen atoms in total. The van der Waals surface area contributed by atoms with Crippen LogP contribution in [0.15, 0.2) is 22.7 Å². The van der Waals surface area contributed by atoms with Crippen molar-refractivity contribution in [3.8, 4) is 0 Å². The number of nitrogens with one attached hydrogen (secondary N) is 1. The molecule has 1 aromatic carbocycles. The van der Waals surface area contributed by atoms with Crippen LogP contribution >= 0.6 is 38.5 Å². The van der Waals surface area contributed by atoms with Crippen molar-refractivity contribution in [2.24, 2.45) is 0 Å². The van der Waals surface area contributed by atoms with Crippen molar-refractivity contribution in [3.05, 3.63) is 31.8 Å². The predicted octanol–water partition coefficient (Wildman–Crippen LogP) is 3.66. The molecule has 1 aromatic rings. The second-order valence-corrected chi connectivity index (χ2v) is 7.21. The number of benzene rings is 1. The zero-order chi connectivity index (χ0) is 14.5. The maximum atomic E-state index is 12.7. The number of piperidine rings is 1. The van der Waals surface area contributed by atoms with E-state index in [1.807, 2.05) is 30.0 Å². The second kappa shape index (κ2) is 7.75. The van der Waals surface area contributed by atoms with E-state index in [2.05, 4.69) is 43.8 Å². The molecule has 0 radical (unpaired) electrons. The van der Waals surface area contributed by atoms with E-state index < -0.39 is 0 Å². The zero-order valence-corrected chi connectivity index (χ0v) is 15.4. The summed E-state index contributed by atoms with van der Waals surface area (Å²) >= 11 is 5.73. The van der Waals surface area contributed by atoms with Gasteiger partial charge in [-0.15, -0.1) is 0 Å². The van der Waals surface area contributed by atoms with E-state index in [9.17, 15) is 4.79 Å². The summed E-state index contributed by atoms with van der Waals surface area (Å²) in [5.41, 5.74) is 0.759. The number of likely N-dealkylation sites (N-methyl/N-ethyl adjacent to an activating group) is 1. The van der Waals surface area contributed by atoms with Crippen molar-refractivity contribution in [2.45, 2.75) is 32.2 Å². The van der Waals surface area contributed by atoms with Crippen LogP contribution in [-0.2, 0) is 0 Å². The molecule has 2 rings (SSSR count). The van der Waals surface area contributed by atoms with Crippen LogP contribution in [0, 0.1) is 3.57 Å². The minimum atomic E-state index is 0.116. The normalized spacial score (nSPS) is 18.9. The largest absolute Gasteiger partial charge is 0.337 e. The number of hydrogen-bond donors (Lipinski definition) is 1. The van der Waals surface area contributed by atoms with Gasteiger partial charge in [-0.3, -0.25) is 4.79 Å². The van der Waals surface area contributed by atoms with Crippen LogP contribution in [0.25, 0.3) is 0 Å². The van der Waals surface area contributed by atoms with Crippen molar-refractivity contribution in [1.29, 1.82) is 0 Å². The molecule has 0 aromatic heterocycles. The smallest absolute Gasteiger partial charge is 0.255 e. The van der Waals surface area contributed by atoms with Gasteiger partial charge in [0.15, 0.2) is 0 Å². The maximum Gasteiger partial charge on any atom is 0.255 e. The minimum Gasteiger partial charge on any atom is -0.337 e. The molecule has 0 saturated carbocycles. The Morgan fingerprint density at radius 1 is 1.50 bits per heavy atom. The molecule has 20 heavy (non-hydrogen) atoms. The van der Waals surface area contributed by atoms with Crippen LogP contribution in [0.5, 0.6) is 0 Å². The Bertz CT molecular complexity index is 475. The van der Waals surface area contributed by atoms with E-state index in [0.29, 0.717) is 6.04 Å². The molecule has 5 heteroatoms. The van der Waals surface area contributed by atoms with Gasteiger partial charge < -0.3 is 10.2 Å². The molecule has 0 aliphatic carbocycles. The highest BCUT2D eigenvalue weighted by Gasteiger charge is 2.21. The third kappa shape index (κ3) is 4.18. The van der Waals surface area contributed by atoms with E-state index in [1.54, 1.807) is 0 Å². The first-order chi connectivity index (χ1) is 9.61. The first-order valence-corrected chi connectivity index (χ1v) is 8.96. The van der Waals surface area contributed by atoms with Crippen LogP contribution in [0.3, 0.4) is 0 Å². The number of amides is 1. The van der Waals surface area contributed by atoms with Gasteiger partial charge in [0, 0.05) is 27.2 Å². The Kier molecular flexibility index (Phi) is 6.29. The van der Waals surface area contributed by atoms with E-state index in [1.165, 1.54) is 12.8 Å². The van der Waals surface area contributed by atoms with Crippen LogP contribution in [-0.4, -0.2) is 36.5 Å². The molecule has 1 heterocycles. The van der Waals surface area contributed by atoms with Crippen LogP contribution in [0.2, 0.25) is 0 Å². The lowest BCUT2D eigenvalue weighted by Crippen LogP contribution is -2.45. The van der Waals surface area contributed by atoms with Crippen molar-refractivity contribution in [3.63, 3.8) is 0 Å². The molecule has 1 N–H and O–H groups in total. The Morgan fingerprint density at radius 2 is 2.30 bits per heavy atom. The summed E-state index contributed by atoms with van der Waals surface area (Å²) in [5.74, 6) is 0.116. The highest BCUT2D eigenvalue weighted by atomic mass is 127. The van der Waals surface area contributed by atoms with E-state index >= 15 is 0 Å². The fourth-order valence-electron chi connectivity index (χ4n) is 2.53. The molecular formula is C15H20BrIN2O. The summed E-state index contributed by atoms with van der Waals surface area (Å²) in [4.78, 5) is 14.6. The molecule has 1 aliphatic heterocycles. The van der Waals surface area contributed by atoms with Crippen molar-refractivity contribution < 1.29 is 4.79 Å². The van der Waals surface area contributed by atoms with E-state index in [-0.39, 0.29) is 5.91 Å². The van der Waals surface area contributed by atoms with Gasteiger partial charge in [0.2, 0.25) is 0 Å². The predicted molar refractivity (Wildman–Crippen MR) is 94.1 cm³/mol. The monoisotopic (exact) mass is 450 g/mol. The van der Waals surface area contributed by atoms with Gasteiger partial charge in [-0.1, -0.05) is 6.42 Å². The van der Waals surface area contributed by atoms with Crippen LogP contribution in [0.1, 0.15) is 36.5 Å². The summed E-state index contributed by atoms with van der Waals surface area (Å²) in [6.07, 6.45) is 3.67. The quantitative estimate of drug-likeness (QED) is 0.710. The fourth-order valence-corrected chi connectivity index (χ4v) is 3.44. The van der Waals surface area contributed by atoms with Crippen LogP contribution in [0.4, 0.5) is 0 Å². The van der Waals surface area contributed by atoms with Crippen molar-refractivity contribution in [2.75, 3.05) is 19.6 Å². The molecule has 1 aliphatic rings. The molecule has 1 amide bonds. The summed E-state index contributed by atoms with van der Waals surface area (Å²) < 4.78 is 1.96. The van der Waals surface area contributed by atoms with Crippen molar-refractivity contribution in [1.82, 2.24) is 10.2 Å². The molecule has 1 fully saturated rings. The van der Waals surface area contributed by atoms with Crippen LogP contribution < -0.4 is 5.32 Å². The number of halogens is 2. The number of nitrogens with zero attached hydrogens (tertiary/aromatic N) is 1. The number of carbonyl (C=O) groups excluding carboxylic acids is 1. The fraction of sp³-hybridized carbons (Fsp3) is 0.533. The Balaban J connectivity index is 2.09.